The molecule has 2 heterocycles. The van der Waals surface area contributed by atoms with E-state index in [1.54, 1.807) is 0 Å². The third-order valence-corrected chi connectivity index (χ3v) is 4.77. The minimum atomic E-state index is -0.0720. The summed E-state index contributed by atoms with van der Waals surface area (Å²) in [5.41, 5.74) is 2.30. The van der Waals surface area contributed by atoms with Gasteiger partial charge in [0, 0.05) is 25.4 Å². The van der Waals surface area contributed by atoms with Crippen molar-refractivity contribution in [1.29, 1.82) is 0 Å². The second-order valence-corrected chi connectivity index (χ2v) is 6.22. The van der Waals surface area contributed by atoms with Crippen molar-refractivity contribution in [2.75, 3.05) is 19.8 Å². The summed E-state index contributed by atoms with van der Waals surface area (Å²) in [7, 11) is 0. The van der Waals surface area contributed by atoms with E-state index >= 15 is 0 Å². The van der Waals surface area contributed by atoms with Crippen molar-refractivity contribution in [3.63, 3.8) is 0 Å². The lowest BCUT2D eigenvalue weighted by molar-refractivity contribution is -0.0527. The van der Waals surface area contributed by atoms with Gasteiger partial charge in [-0.3, -0.25) is 4.68 Å². The van der Waals surface area contributed by atoms with Gasteiger partial charge in [0.1, 0.15) is 0 Å². The first-order chi connectivity index (χ1) is 10.2. The molecule has 1 atom stereocenters. The Morgan fingerprint density at radius 2 is 2.10 bits per heavy atom. The molecule has 0 aromatic carbocycles. The van der Waals surface area contributed by atoms with Crippen LogP contribution < -0.4 is 5.32 Å². The lowest BCUT2D eigenvalue weighted by atomic mass is 10.1. The van der Waals surface area contributed by atoms with Gasteiger partial charge in [-0.2, -0.15) is 5.10 Å². The van der Waals surface area contributed by atoms with E-state index in [1.807, 2.05) is 6.92 Å². The van der Waals surface area contributed by atoms with Crippen molar-refractivity contribution >= 4 is 15.9 Å². The minimum Gasteiger partial charge on any atom is -0.350 e. The molecule has 21 heavy (non-hydrogen) atoms. The standard InChI is InChI=1S/C15H26BrN3O2/c1-4-6-17-12(10-14-20-7-8-21-14)9-13-15(16)11(3)18-19(13)5-2/h12,14,17H,4-10H2,1-3H3. The first-order valence-electron chi connectivity index (χ1n) is 7.84. The Hall–Kier alpha value is -0.430. The number of hydrogen-bond donors (Lipinski definition) is 1. The Balaban J connectivity index is 2.06. The van der Waals surface area contributed by atoms with Gasteiger partial charge in [-0.25, -0.2) is 0 Å². The fourth-order valence-corrected chi connectivity index (χ4v) is 3.11. The van der Waals surface area contributed by atoms with E-state index in [2.05, 4.69) is 44.9 Å². The highest BCUT2D eigenvalue weighted by Gasteiger charge is 2.24. The molecule has 120 valence electrons. The molecule has 2 rings (SSSR count). The number of ether oxygens (including phenoxy) is 2. The molecule has 6 heteroatoms. The van der Waals surface area contributed by atoms with E-state index in [4.69, 9.17) is 9.47 Å². The first-order valence-corrected chi connectivity index (χ1v) is 8.63. The second kappa shape index (κ2) is 8.27. The molecule has 0 spiro atoms. The lowest BCUT2D eigenvalue weighted by Crippen LogP contribution is -2.36. The van der Waals surface area contributed by atoms with Crippen LogP contribution in [0.3, 0.4) is 0 Å². The van der Waals surface area contributed by atoms with E-state index in [-0.39, 0.29) is 6.29 Å². The number of halogens is 1. The predicted molar refractivity (Wildman–Crippen MR) is 86.4 cm³/mol. The lowest BCUT2D eigenvalue weighted by Gasteiger charge is -2.22. The average Bonchev–Trinajstić information content (AvgIpc) is 3.08. The van der Waals surface area contributed by atoms with Crippen LogP contribution in [0.4, 0.5) is 0 Å². The van der Waals surface area contributed by atoms with E-state index < -0.39 is 0 Å². The molecule has 1 aliphatic heterocycles. The monoisotopic (exact) mass is 359 g/mol. The molecule has 1 saturated heterocycles. The number of nitrogens with zero attached hydrogens (tertiary/aromatic N) is 2. The maximum absolute atomic E-state index is 5.60. The fourth-order valence-electron chi connectivity index (χ4n) is 2.66. The minimum absolute atomic E-state index is 0.0720. The third-order valence-electron chi connectivity index (χ3n) is 3.74. The third kappa shape index (κ3) is 4.52. The summed E-state index contributed by atoms with van der Waals surface area (Å²) >= 11 is 3.68. The summed E-state index contributed by atoms with van der Waals surface area (Å²) in [6, 6.07) is 0.339. The van der Waals surface area contributed by atoms with E-state index in [1.165, 1.54) is 5.69 Å². The zero-order chi connectivity index (χ0) is 15.2. The SMILES string of the molecule is CCCNC(Cc1c(Br)c(C)nn1CC)CC1OCCO1. The van der Waals surface area contributed by atoms with Crippen LogP contribution in [0.15, 0.2) is 4.47 Å². The van der Waals surface area contributed by atoms with Gasteiger partial charge in [0.15, 0.2) is 6.29 Å². The number of hydrogen-bond acceptors (Lipinski definition) is 4. The fraction of sp³-hybridized carbons (Fsp3) is 0.800. The summed E-state index contributed by atoms with van der Waals surface area (Å²) in [6.07, 6.45) is 2.85. The molecule has 0 aliphatic carbocycles. The van der Waals surface area contributed by atoms with Gasteiger partial charge in [0.05, 0.1) is 29.1 Å². The van der Waals surface area contributed by atoms with Gasteiger partial charge in [-0.1, -0.05) is 6.92 Å². The molecule has 0 saturated carbocycles. The molecular weight excluding hydrogens is 334 g/mol. The summed E-state index contributed by atoms with van der Waals surface area (Å²) in [6.45, 7) is 9.66. The van der Waals surface area contributed by atoms with Crippen molar-refractivity contribution in [3.05, 3.63) is 15.9 Å². The van der Waals surface area contributed by atoms with Gasteiger partial charge < -0.3 is 14.8 Å². The van der Waals surface area contributed by atoms with Crippen LogP contribution in [0, 0.1) is 6.92 Å². The van der Waals surface area contributed by atoms with E-state index in [9.17, 15) is 0 Å². The van der Waals surface area contributed by atoms with Gasteiger partial charge in [0.2, 0.25) is 0 Å². The molecule has 1 aliphatic rings. The highest BCUT2D eigenvalue weighted by Crippen LogP contribution is 2.24. The summed E-state index contributed by atoms with van der Waals surface area (Å²) in [5, 5.41) is 8.18. The molecule has 1 fully saturated rings. The van der Waals surface area contributed by atoms with Crippen LogP contribution in [-0.4, -0.2) is 41.9 Å². The van der Waals surface area contributed by atoms with Crippen LogP contribution in [-0.2, 0) is 22.4 Å². The molecule has 1 N–H and O–H groups in total. The molecule has 0 bridgehead atoms. The quantitative estimate of drug-likeness (QED) is 0.774. The number of aryl methyl sites for hydroxylation is 2. The Labute approximate surface area is 135 Å². The van der Waals surface area contributed by atoms with Crippen molar-refractivity contribution < 1.29 is 9.47 Å². The Kier molecular flexibility index (Phi) is 6.67. The topological polar surface area (TPSA) is 48.3 Å². The van der Waals surface area contributed by atoms with Gasteiger partial charge in [-0.15, -0.1) is 0 Å². The van der Waals surface area contributed by atoms with Crippen LogP contribution in [0.1, 0.15) is 38.1 Å². The Morgan fingerprint density at radius 3 is 2.71 bits per heavy atom. The molecule has 0 amide bonds. The van der Waals surface area contributed by atoms with E-state index in [0.717, 1.165) is 42.5 Å². The van der Waals surface area contributed by atoms with E-state index in [0.29, 0.717) is 19.3 Å². The Morgan fingerprint density at radius 1 is 1.38 bits per heavy atom. The number of aromatic nitrogens is 2. The van der Waals surface area contributed by atoms with Gasteiger partial charge in [-0.05, 0) is 42.7 Å². The highest BCUT2D eigenvalue weighted by atomic mass is 79.9. The van der Waals surface area contributed by atoms with Crippen molar-refractivity contribution in [2.24, 2.45) is 0 Å². The Bertz CT molecular complexity index is 444. The number of nitrogens with one attached hydrogen (secondary N) is 1. The largest absolute Gasteiger partial charge is 0.350 e. The smallest absolute Gasteiger partial charge is 0.159 e. The normalized spacial score (nSPS) is 17.5. The molecule has 5 nitrogen and oxygen atoms in total. The van der Waals surface area contributed by atoms with Crippen LogP contribution >= 0.6 is 15.9 Å². The predicted octanol–water partition coefficient (Wildman–Crippen LogP) is 2.65. The van der Waals surface area contributed by atoms with Crippen molar-refractivity contribution in [3.8, 4) is 0 Å². The summed E-state index contributed by atoms with van der Waals surface area (Å²) in [5.74, 6) is 0. The summed E-state index contributed by atoms with van der Waals surface area (Å²) in [4.78, 5) is 0. The van der Waals surface area contributed by atoms with Crippen LogP contribution in [0.5, 0.6) is 0 Å². The molecule has 1 aromatic heterocycles. The van der Waals surface area contributed by atoms with Crippen molar-refractivity contribution in [1.82, 2.24) is 15.1 Å². The number of rotatable bonds is 8. The van der Waals surface area contributed by atoms with Gasteiger partial charge >= 0.3 is 0 Å². The van der Waals surface area contributed by atoms with Crippen LogP contribution in [0.25, 0.3) is 0 Å². The maximum Gasteiger partial charge on any atom is 0.159 e. The zero-order valence-corrected chi connectivity index (χ0v) is 14.8. The zero-order valence-electron chi connectivity index (χ0n) is 13.2. The summed E-state index contributed by atoms with van der Waals surface area (Å²) < 4.78 is 14.4. The van der Waals surface area contributed by atoms with Crippen molar-refractivity contribution in [2.45, 2.75) is 58.9 Å². The molecular formula is C15H26BrN3O2. The molecule has 1 unspecified atom stereocenters. The molecule has 0 radical (unpaired) electrons. The highest BCUT2D eigenvalue weighted by molar-refractivity contribution is 9.10. The van der Waals surface area contributed by atoms with Crippen LogP contribution in [0.2, 0.25) is 0 Å². The average molecular weight is 360 g/mol. The first kappa shape index (κ1) is 16.9. The molecule has 1 aromatic rings. The maximum atomic E-state index is 5.60. The van der Waals surface area contributed by atoms with Gasteiger partial charge in [0.25, 0.3) is 0 Å². The second-order valence-electron chi connectivity index (χ2n) is 5.42.